The summed E-state index contributed by atoms with van der Waals surface area (Å²) in [6, 6.07) is 19.4. The molecule has 3 aromatic rings. The van der Waals surface area contributed by atoms with Gasteiger partial charge >= 0.3 is 0 Å². The van der Waals surface area contributed by atoms with Crippen LogP contribution in [0.5, 0.6) is 23.0 Å². The van der Waals surface area contributed by atoms with Crippen LogP contribution < -0.4 is 24.3 Å². The molecule has 0 aliphatic carbocycles. The highest BCUT2D eigenvalue weighted by Gasteiger charge is 2.35. The van der Waals surface area contributed by atoms with E-state index in [9.17, 15) is 0 Å². The number of anilines is 1. The zero-order chi connectivity index (χ0) is 22.5. The lowest BCUT2D eigenvalue weighted by Crippen LogP contribution is -2.38. The fourth-order valence-corrected chi connectivity index (χ4v) is 4.17. The monoisotopic (exact) mass is 499 g/mol. The fourth-order valence-electron chi connectivity index (χ4n) is 3.80. The number of rotatable bonds is 8. The van der Waals surface area contributed by atoms with E-state index in [1.807, 2.05) is 60.7 Å². The summed E-state index contributed by atoms with van der Waals surface area (Å²) in [5.74, 6) is 2.71. The van der Waals surface area contributed by atoms with E-state index in [2.05, 4.69) is 21.2 Å². The Morgan fingerprint density at radius 1 is 0.906 bits per heavy atom. The largest absolute Gasteiger partial charge is 0.496 e. The molecule has 0 radical (unpaired) electrons. The van der Waals surface area contributed by atoms with Gasteiger partial charge in [-0.05, 0) is 23.8 Å². The lowest BCUT2D eigenvalue weighted by Gasteiger charge is -2.36. The summed E-state index contributed by atoms with van der Waals surface area (Å²) in [6.45, 7) is 0.873. The second kappa shape index (κ2) is 10.1. The predicted octanol–water partition coefficient (Wildman–Crippen LogP) is 5.61. The number of fused-ring (bicyclic) bond motifs is 1. The van der Waals surface area contributed by atoms with E-state index in [0.717, 1.165) is 27.0 Å². The van der Waals surface area contributed by atoms with E-state index in [-0.39, 0.29) is 12.1 Å². The van der Waals surface area contributed by atoms with Crippen LogP contribution in [-0.4, -0.2) is 34.0 Å². The van der Waals surface area contributed by atoms with Gasteiger partial charge in [-0.25, -0.2) is 0 Å². The van der Waals surface area contributed by atoms with Gasteiger partial charge in [0.1, 0.15) is 29.1 Å². The fraction of sp³-hybridized carbons (Fsp3) is 0.280. The maximum atomic E-state index is 6.40. The lowest BCUT2D eigenvalue weighted by atomic mass is 9.96. The molecule has 0 unspecified atom stereocenters. The highest BCUT2D eigenvalue weighted by molar-refractivity contribution is 9.10. The van der Waals surface area contributed by atoms with Crippen molar-refractivity contribution in [3.8, 4) is 23.0 Å². The molecule has 0 saturated carbocycles. The van der Waals surface area contributed by atoms with Gasteiger partial charge in [-0.15, -0.1) is 0 Å². The normalized spacial score (nSPS) is 17.0. The average Bonchev–Trinajstić information content (AvgIpc) is 2.83. The van der Waals surface area contributed by atoms with Crippen LogP contribution in [0.2, 0.25) is 0 Å². The first-order valence-electron chi connectivity index (χ1n) is 10.3. The summed E-state index contributed by atoms with van der Waals surface area (Å²) in [6.07, 6.45) is -0.316. The van der Waals surface area contributed by atoms with Gasteiger partial charge in [0, 0.05) is 16.6 Å². The molecule has 0 saturated heterocycles. The van der Waals surface area contributed by atoms with Crippen molar-refractivity contribution in [3.05, 3.63) is 76.3 Å². The van der Waals surface area contributed by atoms with Crippen LogP contribution in [0.15, 0.2) is 65.1 Å². The van der Waals surface area contributed by atoms with Crippen molar-refractivity contribution in [2.45, 2.75) is 18.8 Å². The van der Waals surface area contributed by atoms with Crippen molar-refractivity contribution in [1.82, 2.24) is 0 Å². The minimum Gasteiger partial charge on any atom is -0.496 e. The Labute approximate surface area is 196 Å². The number of hydrogen-bond acceptors (Lipinski definition) is 6. The van der Waals surface area contributed by atoms with Crippen molar-refractivity contribution >= 4 is 21.6 Å². The van der Waals surface area contributed by atoms with Gasteiger partial charge < -0.3 is 29.0 Å². The maximum Gasteiger partial charge on any atom is 0.146 e. The van der Waals surface area contributed by atoms with E-state index in [1.54, 1.807) is 21.3 Å². The topological polar surface area (TPSA) is 58.2 Å². The number of hydrogen-bond donors (Lipinski definition) is 1. The Hall–Kier alpha value is -2.90. The molecule has 6 nitrogen and oxygen atoms in total. The molecule has 1 aliphatic rings. The number of ether oxygens (including phenoxy) is 5. The Balaban J connectivity index is 1.68. The zero-order valence-corrected chi connectivity index (χ0v) is 19.8. The van der Waals surface area contributed by atoms with Crippen LogP contribution in [0.4, 0.5) is 5.69 Å². The maximum absolute atomic E-state index is 6.40. The zero-order valence-electron chi connectivity index (χ0n) is 18.3. The number of nitrogens with one attached hydrogen (secondary N) is 1. The van der Waals surface area contributed by atoms with Crippen LogP contribution in [0, 0.1) is 0 Å². The molecule has 1 N–H and O–H groups in total. The summed E-state index contributed by atoms with van der Waals surface area (Å²) in [5.41, 5.74) is 2.83. The SMILES string of the molecule is COc1cc(OC)c([C@@H]2Nc3cc(Br)ccc3O[C@H]2COCc2ccccc2)c(OC)c1. The molecule has 168 valence electrons. The van der Waals surface area contributed by atoms with Gasteiger partial charge in [0.15, 0.2) is 0 Å². The molecule has 3 aromatic carbocycles. The molecular formula is C25H26BrNO5. The summed E-state index contributed by atoms with van der Waals surface area (Å²) in [5, 5.41) is 3.60. The van der Waals surface area contributed by atoms with E-state index in [1.165, 1.54) is 0 Å². The van der Waals surface area contributed by atoms with Crippen molar-refractivity contribution in [3.63, 3.8) is 0 Å². The second-order valence-corrected chi connectivity index (χ2v) is 8.28. The molecule has 1 aliphatic heterocycles. The van der Waals surface area contributed by atoms with Crippen LogP contribution in [0.1, 0.15) is 17.2 Å². The van der Waals surface area contributed by atoms with E-state index in [0.29, 0.717) is 30.5 Å². The Morgan fingerprint density at radius 3 is 2.28 bits per heavy atom. The number of benzene rings is 3. The standard InChI is InChI=1S/C25H26BrNO5/c1-28-18-12-21(29-2)24(22(13-18)30-3)25-23(15-31-14-16-7-5-4-6-8-16)32-20-10-9-17(26)11-19(20)27-25/h4-13,23,25,27H,14-15H2,1-3H3/t23-,25+/m0/s1. The molecule has 2 atom stereocenters. The molecule has 0 fully saturated rings. The van der Waals surface area contributed by atoms with Crippen molar-refractivity contribution in [2.75, 3.05) is 33.3 Å². The Morgan fingerprint density at radius 2 is 1.62 bits per heavy atom. The van der Waals surface area contributed by atoms with Gasteiger partial charge in [-0.2, -0.15) is 0 Å². The van der Waals surface area contributed by atoms with Crippen molar-refractivity contribution in [1.29, 1.82) is 0 Å². The molecule has 4 rings (SSSR count). The van der Waals surface area contributed by atoms with Gasteiger partial charge in [0.25, 0.3) is 0 Å². The second-order valence-electron chi connectivity index (χ2n) is 7.37. The Bertz CT molecular complexity index is 1030. The van der Waals surface area contributed by atoms with Gasteiger partial charge in [0.2, 0.25) is 0 Å². The quantitative estimate of drug-likeness (QED) is 0.434. The van der Waals surface area contributed by atoms with Gasteiger partial charge in [0.05, 0.1) is 51.8 Å². The lowest BCUT2D eigenvalue weighted by molar-refractivity contribution is 0.0277. The minimum absolute atomic E-state index is 0.275. The smallest absolute Gasteiger partial charge is 0.146 e. The molecule has 0 spiro atoms. The molecule has 1 heterocycles. The summed E-state index contributed by atoms with van der Waals surface area (Å²) in [7, 11) is 4.88. The summed E-state index contributed by atoms with van der Waals surface area (Å²) in [4.78, 5) is 0. The first-order valence-corrected chi connectivity index (χ1v) is 11.1. The summed E-state index contributed by atoms with van der Waals surface area (Å²) < 4.78 is 30.2. The molecule has 0 amide bonds. The highest BCUT2D eigenvalue weighted by Crippen LogP contribution is 2.45. The molecule has 0 bridgehead atoms. The molecule has 32 heavy (non-hydrogen) atoms. The predicted molar refractivity (Wildman–Crippen MR) is 127 cm³/mol. The molecule has 0 aromatic heterocycles. The number of methoxy groups -OCH3 is 3. The van der Waals surface area contributed by atoms with E-state index in [4.69, 9.17) is 23.7 Å². The molecular weight excluding hydrogens is 474 g/mol. The van der Waals surface area contributed by atoms with Gasteiger partial charge in [-0.3, -0.25) is 0 Å². The van der Waals surface area contributed by atoms with Crippen molar-refractivity contribution in [2.24, 2.45) is 0 Å². The first kappa shape index (κ1) is 22.3. The van der Waals surface area contributed by atoms with Crippen LogP contribution in [-0.2, 0) is 11.3 Å². The minimum atomic E-state index is -0.316. The van der Waals surface area contributed by atoms with Crippen molar-refractivity contribution < 1.29 is 23.7 Å². The first-order chi connectivity index (χ1) is 15.6. The Kier molecular flexibility index (Phi) is 7.07. The summed E-state index contributed by atoms with van der Waals surface area (Å²) >= 11 is 3.54. The van der Waals surface area contributed by atoms with E-state index < -0.39 is 0 Å². The van der Waals surface area contributed by atoms with Crippen LogP contribution in [0.25, 0.3) is 0 Å². The number of halogens is 1. The average molecular weight is 500 g/mol. The third-order valence-electron chi connectivity index (χ3n) is 5.36. The van der Waals surface area contributed by atoms with Crippen LogP contribution >= 0.6 is 15.9 Å². The van der Waals surface area contributed by atoms with Crippen LogP contribution in [0.3, 0.4) is 0 Å². The van der Waals surface area contributed by atoms with E-state index >= 15 is 0 Å². The highest BCUT2D eigenvalue weighted by atomic mass is 79.9. The third kappa shape index (κ3) is 4.79. The third-order valence-corrected chi connectivity index (χ3v) is 5.85. The van der Waals surface area contributed by atoms with Gasteiger partial charge in [-0.1, -0.05) is 46.3 Å². The molecule has 7 heteroatoms.